The van der Waals surface area contributed by atoms with Crippen molar-refractivity contribution in [2.24, 2.45) is 5.73 Å². The van der Waals surface area contributed by atoms with E-state index in [0.29, 0.717) is 18.7 Å². The average molecular weight is 259 g/mol. The quantitative estimate of drug-likeness (QED) is 0.807. The lowest BCUT2D eigenvalue weighted by atomic mass is 10.1. The van der Waals surface area contributed by atoms with Crippen molar-refractivity contribution in [3.05, 3.63) is 35.4 Å². The van der Waals surface area contributed by atoms with Crippen LogP contribution in [0.2, 0.25) is 0 Å². The van der Waals surface area contributed by atoms with Gasteiger partial charge in [-0.2, -0.15) is 0 Å². The molecule has 0 aliphatic heterocycles. The van der Waals surface area contributed by atoms with Crippen molar-refractivity contribution in [2.75, 3.05) is 40.8 Å². The normalized spacial score (nSPS) is 9.95. The van der Waals surface area contributed by atoms with Crippen LogP contribution in [-0.4, -0.2) is 56.5 Å². The van der Waals surface area contributed by atoms with Gasteiger partial charge in [0.1, 0.15) is 0 Å². The van der Waals surface area contributed by atoms with E-state index >= 15 is 0 Å². The zero-order valence-corrected chi connectivity index (χ0v) is 11.8. The van der Waals surface area contributed by atoms with Gasteiger partial charge in [-0.15, -0.1) is 0 Å². The molecule has 1 amide bonds. The summed E-state index contributed by atoms with van der Waals surface area (Å²) in [4.78, 5) is 16.1. The van der Waals surface area contributed by atoms with Crippen molar-refractivity contribution in [1.29, 1.82) is 0 Å². The Bertz CT molecular complexity index is 486. The fourth-order valence-corrected chi connectivity index (χ4v) is 1.58. The predicted octanol–water partition coefficient (Wildman–Crippen LogP) is 0.630. The maximum Gasteiger partial charge on any atom is 0.254 e. The number of likely N-dealkylation sites (N-methyl/N-ethyl adjacent to an activating group) is 2. The zero-order valence-electron chi connectivity index (χ0n) is 11.8. The molecule has 0 unspecified atom stereocenters. The van der Waals surface area contributed by atoms with Gasteiger partial charge in [0.15, 0.2) is 0 Å². The van der Waals surface area contributed by atoms with Crippen molar-refractivity contribution < 1.29 is 4.79 Å². The number of carbonyl (C=O) groups is 1. The lowest BCUT2D eigenvalue weighted by Crippen LogP contribution is -2.33. The Morgan fingerprint density at radius 1 is 1.21 bits per heavy atom. The summed E-state index contributed by atoms with van der Waals surface area (Å²) in [5, 5.41) is 0. The number of carbonyl (C=O) groups excluding carboxylic acids is 1. The summed E-state index contributed by atoms with van der Waals surface area (Å²) in [6.07, 6.45) is 0. The van der Waals surface area contributed by atoms with E-state index in [2.05, 4.69) is 11.8 Å². The molecule has 4 heteroatoms. The van der Waals surface area contributed by atoms with Crippen molar-refractivity contribution in [2.45, 2.75) is 0 Å². The minimum absolute atomic E-state index is 0.0104. The number of amides is 1. The van der Waals surface area contributed by atoms with Crippen molar-refractivity contribution in [3.8, 4) is 11.8 Å². The molecule has 0 aliphatic carbocycles. The van der Waals surface area contributed by atoms with Crippen LogP contribution in [-0.2, 0) is 0 Å². The van der Waals surface area contributed by atoms with E-state index in [1.54, 1.807) is 18.0 Å². The third-order valence-corrected chi connectivity index (χ3v) is 2.71. The Morgan fingerprint density at radius 3 is 2.53 bits per heavy atom. The number of rotatable bonds is 4. The van der Waals surface area contributed by atoms with Crippen LogP contribution >= 0.6 is 0 Å². The fourth-order valence-electron chi connectivity index (χ4n) is 1.58. The van der Waals surface area contributed by atoms with Crippen LogP contribution in [0.15, 0.2) is 24.3 Å². The summed E-state index contributed by atoms with van der Waals surface area (Å²) in [6.45, 7) is 1.81. The van der Waals surface area contributed by atoms with Crippen LogP contribution in [0.25, 0.3) is 0 Å². The van der Waals surface area contributed by atoms with Crippen LogP contribution in [0, 0.1) is 11.8 Å². The Labute approximate surface area is 115 Å². The Balaban J connectivity index is 2.87. The smallest absolute Gasteiger partial charge is 0.254 e. The molecule has 19 heavy (non-hydrogen) atoms. The number of nitrogens with two attached hydrogens (primary N) is 1. The summed E-state index contributed by atoms with van der Waals surface area (Å²) in [5.74, 6) is 5.72. The van der Waals surface area contributed by atoms with Gasteiger partial charge >= 0.3 is 0 Å². The highest BCUT2D eigenvalue weighted by Gasteiger charge is 2.14. The van der Waals surface area contributed by atoms with Crippen LogP contribution < -0.4 is 5.73 Å². The first-order valence-electron chi connectivity index (χ1n) is 6.24. The zero-order chi connectivity index (χ0) is 14.3. The number of nitrogens with zero attached hydrogens (tertiary/aromatic N) is 2. The van der Waals surface area contributed by atoms with Crippen molar-refractivity contribution >= 4 is 5.91 Å². The first-order valence-corrected chi connectivity index (χ1v) is 6.24. The van der Waals surface area contributed by atoms with Gasteiger partial charge < -0.3 is 15.5 Å². The van der Waals surface area contributed by atoms with E-state index < -0.39 is 0 Å². The molecular formula is C15H21N3O. The number of benzene rings is 1. The van der Waals surface area contributed by atoms with Gasteiger partial charge in [-0.1, -0.05) is 24.0 Å². The molecule has 0 spiro atoms. The molecule has 0 atom stereocenters. The standard InChI is InChI=1S/C15H21N3O/c1-17(2)11-12-18(3)15(19)14-9-5-4-7-13(14)8-6-10-16/h4-5,7,9H,10-12,16H2,1-3H3. The van der Waals surface area contributed by atoms with E-state index in [1.807, 2.05) is 37.2 Å². The van der Waals surface area contributed by atoms with Gasteiger partial charge in [-0.3, -0.25) is 4.79 Å². The fraction of sp³-hybridized carbons (Fsp3) is 0.400. The summed E-state index contributed by atoms with van der Waals surface area (Å²) in [5.41, 5.74) is 6.73. The molecule has 0 saturated heterocycles. The molecule has 0 radical (unpaired) electrons. The highest BCUT2D eigenvalue weighted by Crippen LogP contribution is 2.10. The lowest BCUT2D eigenvalue weighted by Gasteiger charge is -2.20. The van der Waals surface area contributed by atoms with Gasteiger partial charge in [0.2, 0.25) is 0 Å². The molecule has 0 aliphatic rings. The minimum Gasteiger partial charge on any atom is -0.340 e. The van der Waals surface area contributed by atoms with Crippen molar-refractivity contribution in [1.82, 2.24) is 9.80 Å². The first-order chi connectivity index (χ1) is 9.06. The van der Waals surface area contributed by atoms with E-state index in [0.717, 1.165) is 12.1 Å². The average Bonchev–Trinajstić information content (AvgIpc) is 2.42. The summed E-state index contributed by atoms with van der Waals surface area (Å²) >= 11 is 0. The Morgan fingerprint density at radius 2 is 1.89 bits per heavy atom. The second-order valence-electron chi connectivity index (χ2n) is 4.58. The van der Waals surface area contributed by atoms with Gasteiger partial charge in [-0.05, 0) is 26.2 Å². The van der Waals surface area contributed by atoms with Crippen LogP contribution in [0.5, 0.6) is 0 Å². The molecule has 1 rings (SSSR count). The van der Waals surface area contributed by atoms with Crippen molar-refractivity contribution in [3.63, 3.8) is 0 Å². The van der Waals surface area contributed by atoms with Gasteiger partial charge in [0.25, 0.3) is 5.91 Å². The molecule has 4 nitrogen and oxygen atoms in total. The lowest BCUT2D eigenvalue weighted by molar-refractivity contribution is 0.0786. The highest BCUT2D eigenvalue weighted by atomic mass is 16.2. The SMILES string of the molecule is CN(C)CCN(C)C(=O)c1ccccc1C#CCN. The van der Waals surface area contributed by atoms with Crippen LogP contribution in [0.1, 0.15) is 15.9 Å². The summed E-state index contributed by atoms with van der Waals surface area (Å²) in [6, 6.07) is 7.36. The third-order valence-electron chi connectivity index (χ3n) is 2.71. The first kappa shape index (κ1) is 15.2. The number of hydrogen-bond donors (Lipinski definition) is 1. The van der Waals surface area contributed by atoms with Crippen LogP contribution in [0.4, 0.5) is 0 Å². The highest BCUT2D eigenvalue weighted by molar-refractivity contribution is 5.96. The monoisotopic (exact) mass is 259 g/mol. The molecule has 0 bridgehead atoms. The molecule has 0 heterocycles. The molecule has 0 saturated carbocycles. The number of hydrogen-bond acceptors (Lipinski definition) is 3. The minimum atomic E-state index is -0.0104. The topological polar surface area (TPSA) is 49.6 Å². The maximum absolute atomic E-state index is 12.3. The van der Waals surface area contributed by atoms with Gasteiger partial charge in [0.05, 0.1) is 12.1 Å². The van der Waals surface area contributed by atoms with E-state index in [9.17, 15) is 4.79 Å². The maximum atomic E-state index is 12.3. The molecule has 1 aromatic rings. The molecule has 102 valence electrons. The second-order valence-corrected chi connectivity index (χ2v) is 4.58. The van der Waals surface area contributed by atoms with Gasteiger partial charge in [-0.25, -0.2) is 0 Å². The van der Waals surface area contributed by atoms with E-state index in [1.165, 1.54) is 0 Å². The van der Waals surface area contributed by atoms with E-state index in [4.69, 9.17) is 5.73 Å². The van der Waals surface area contributed by atoms with Gasteiger partial charge in [0, 0.05) is 25.7 Å². The molecule has 2 N–H and O–H groups in total. The summed E-state index contributed by atoms with van der Waals surface area (Å²) in [7, 11) is 5.77. The van der Waals surface area contributed by atoms with E-state index in [-0.39, 0.29) is 5.91 Å². The predicted molar refractivity (Wildman–Crippen MR) is 77.9 cm³/mol. The molecule has 1 aromatic carbocycles. The Hall–Kier alpha value is -1.83. The molecular weight excluding hydrogens is 238 g/mol. The third kappa shape index (κ3) is 4.74. The van der Waals surface area contributed by atoms with Crippen LogP contribution in [0.3, 0.4) is 0 Å². The largest absolute Gasteiger partial charge is 0.340 e. The summed E-state index contributed by atoms with van der Waals surface area (Å²) < 4.78 is 0. The molecule has 0 fully saturated rings. The molecule has 0 aromatic heterocycles. The second kappa shape index (κ2) is 7.57. The Kier molecular flexibility index (Phi) is 6.07.